The van der Waals surface area contributed by atoms with Crippen LogP contribution in [0.25, 0.3) is 11.2 Å². The third kappa shape index (κ3) is 2.89. The molecule has 0 atom stereocenters. The summed E-state index contributed by atoms with van der Waals surface area (Å²) in [6.45, 7) is 6.90. The van der Waals surface area contributed by atoms with E-state index in [2.05, 4.69) is 20.2 Å². The van der Waals surface area contributed by atoms with E-state index in [-0.39, 0.29) is 0 Å². The standard InChI is InChI=1S/C14H22N6O3/c1-3-23-9-8-20-10-11(18(2)14(22)17-12(10)21)16-13(20)19-6-4-15-5-7-19/h15H,3-9H2,1-2H3,(H,17,21,22). The Balaban J connectivity index is 2.14. The molecule has 2 N–H and O–H groups in total. The number of anilines is 1. The van der Waals surface area contributed by atoms with Crippen LogP contribution in [0.1, 0.15) is 6.92 Å². The molecule has 1 aliphatic heterocycles. The fraction of sp³-hybridized carbons (Fsp3) is 0.643. The van der Waals surface area contributed by atoms with Gasteiger partial charge in [0.1, 0.15) is 0 Å². The maximum atomic E-state index is 12.3. The molecular weight excluding hydrogens is 300 g/mol. The van der Waals surface area contributed by atoms with Gasteiger partial charge in [-0.2, -0.15) is 4.98 Å². The Kier molecular flexibility index (Phi) is 4.49. The van der Waals surface area contributed by atoms with E-state index >= 15 is 0 Å². The molecule has 1 saturated heterocycles. The van der Waals surface area contributed by atoms with Crippen LogP contribution in [0, 0.1) is 0 Å². The van der Waals surface area contributed by atoms with Crippen molar-refractivity contribution in [1.29, 1.82) is 0 Å². The van der Waals surface area contributed by atoms with E-state index in [1.54, 1.807) is 7.05 Å². The molecule has 1 aliphatic rings. The molecule has 0 aliphatic carbocycles. The monoisotopic (exact) mass is 322 g/mol. The molecule has 1 fully saturated rings. The maximum Gasteiger partial charge on any atom is 0.329 e. The van der Waals surface area contributed by atoms with Crippen molar-refractivity contribution >= 4 is 17.1 Å². The second kappa shape index (κ2) is 6.55. The molecule has 9 nitrogen and oxygen atoms in total. The molecule has 9 heteroatoms. The highest BCUT2D eigenvalue weighted by Gasteiger charge is 2.22. The minimum atomic E-state index is -0.455. The number of rotatable bonds is 5. The molecule has 0 spiro atoms. The summed E-state index contributed by atoms with van der Waals surface area (Å²) < 4.78 is 8.66. The van der Waals surface area contributed by atoms with Gasteiger partial charge in [-0.3, -0.25) is 14.3 Å². The van der Waals surface area contributed by atoms with Gasteiger partial charge < -0.3 is 19.5 Å². The van der Waals surface area contributed by atoms with Crippen LogP contribution in [0.2, 0.25) is 0 Å². The van der Waals surface area contributed by atoms with Gasteiger partial charge in [0.2, 0.25) is 5.95 Å². The van der Waals surface area contributed by atoms with Crippen molar-refractivity contribution in [1.82, 2.24) is 24.4 Å². The highest BCUT2D eigenvalue weighted by molar-refractivity contribution is 5.74. The predicted octanol–water partition coefficient (Wildman–Crippen LogP) is -1.13. The number of hydrogen-bond donors (Lipinski definition) is 2. The molecule has 3 rings (SSSR count). The Morgan fingerprint density at radius 3 is 2.70 bits per heavy atom. The predicted molar refractivity (Wildman–Crippen MR) is 87.2 cm³/mol. The van der Waals surface area contributed by atoms with Crippen molar-refractivity contribution in [3.05, 3.63) is 20.8 Å². The Morgan fingerprint density at radius 2 is 2.00 bits per heavy atom. The molecule has 0 radical (unpaired) electrons. The first kappa shape index (κ1) is 15.8. The molecule has 3 heterocycles. The van der Waals surface area contributed by atoms with Crippen molar-refractivity contribution < 1.29 is 4.74 Å². The van der Waals surface area contributed by atoms with Gasteiger partial charge in [-0.1, -0.05) is 0 Å². The van der Waals surface area contributed by atoms with Crippen molar-refractivity contribution in [2.75, 3.05) is 44.3 Å². The van der Waals surface area contributed by atoms with Gasteiger partial charge >= 0.3 is 5.69 Å². The Labute approximate surface area is 132 Å². The SMILES string of the molecule is CCOCCn1c(N2CCNCC2)nc2c1c(=O)[nH]c(=O)n2C. The maximum absolute atomic E-state index is 12.3. The van der Waals surface area contributed by atoms with Gasteiger partial charge in [-0.25, -0.2) is 4.79 Å². The number of ether oxygens (including phenoxy) is 1. The van der Waals surface area contributed by atoms with E-state index in [0.717, 1.165) is 26.2 Å². The summed E-state index contributed by atoms with van der Waals surface area (Å²) in [6, 6.07) is 0. The van der Waals surface area contributed by atoms with Gasteiger partial charge in [0.05, 0.1) is 6.61 Å². The molecule has 0 bridgehead atoms. The average Bonchev–Trinajstić information content (AvgIpc) is 2.94. The lowest BCUT2D eigenvalue weighted by Crippen LogP contribution is -2.44. The lowest BCUT2D eigenvalue weighted by atomic mass is 10.4. The Hall–Kier alpha value is -2.13. The number of hydrogen-bond acceptors (Lipinski definition) is 6. The molecule has 0 aromatic carbocycles. The highest BCUT2D eigenvalue weighted by Crippen LogP contribution is 2.19. The first-order valence-electron chi connectivity index (χ1n) is 7.86. The zero-order chi connectivity index (χ0) is 16.4. The number of nitrogens with one attached hydrogen (secondary N) is 2. The van der Waals surface area contributed by atoms with Crippen LogP contribution in [-0.4, -0.2) is 58.5 Å². The fourth-order valence-electron chi connectivity index (χ4n) is 2.84. The largest absolute Gasteiger partial charge is 0.380 e. The van der Waals surface area contributed by atoms with Crippen molar-refractivity contribution in [3.8, 4) is 0 Å². The third-order valence-electron chi connectivity index (χ3n) is 4.05. The van der Waals surface area contributed by atoms with Crippen LogP contribution < -0.4 is 21.5 Å². The smallest absolute Gasteiger partial charge is 0.329 e. The van der Waals surface area contributed by atoms with Crippen LogP contribution in [0.3, 0.4) is 0 Å². The van der Waals surface area contributed by atoms with Gasteiger partial charge in [0.15, 0.2) is 11.2 Å². The van der Waals surface area contributed by atoms with E-state index in [1.165, 1.54) is 4.57 Å². The van der Waals surface area contributed by atoms with Crippen LogP contribution in [0.5, 0.6) is 0 Å². The fourth-order valence-corrected chi connectivity index (χ4v) is 2.84. The summed E-state index contributed by atoms with van der Waals surface area (Å²) >= 11 is 0. The first-order valence-corrected chi connectivity index (χ1v) is 7.86. The van der Waals surface area contributed by atoms with E-state index < -0.39 is 11.2 Å². The summed E-state index contributed by atoms with van der Waals surface area (Å²) in [5.74, 6) is 0.716. The second-order valence-corrected chi connectivity index (χ2v) is 5.49. The average molecular weight is 322 g/mol. The van der Waals surface area contributed by atoms with Gasteiger partial charge in [0, 0.05) is 46.4 Å². The molecule has 0 amide bonds. The number of H-pyrrole nitrogens is 1. The number of piperazine rings is 1. The number of imidazole rings is 1. The van der Waals surface area contributed by atoms with Gasteiger partial charge in [0.25, 0.3) is 5.56 Å². The second-order valence-electron chi connectivity index (χ2n) is 5.49. The topological polar surface area (TPSA) is 97.2 Å². The number of aromatic nitrogens is 4. The molecule has 0 saturated carbocycles. The summed E-state index contributed by atoms with van der Waals surface area (Å²) in [6.07, 6.45) is 0. The number of aromatic amines is 1. The highest BCUT2D eigenvalue weighted by atomic mass is 16.5. The van der Waals surface area contributed by atoms with Crippen LogP contribution in [0.4, 0.5) is 5.95 Å². The lowest BCUT2D eigenvalue weighted by molar-refractivity contribution is 0.140. The number of fused-ring (bicyclic) bond motifs is 1. The van der Waals surface area contributed by atoms with E-state index in [0.29, 0.717) is 36.9 Å². The molecule has 0 unspecified atom stereocenters. The van der Waals surface area contributed by atoms with Crippen molar-refractivity contribution in [2.24, 2.45) is 7.05 Å². The molecule has 2 aromatic rings. The normalized spacial score (nSPS) is 15.5. The van der Waals surface area contributed by atoms with Crippen molar-refractivity contribution in [2.45, 2.75) is 13.5 Å². The Bertz CT molecular complexity index is 799. The number of aryl methyl sites for hydroxylation is 1. The Morgan fingerprint density at radius 1 is 1.26 bits per heavy atom. The lowest BCUT2D eigenvalue weighted by Gasteiger charge is -2.28. The van der Waals surface area contributed by atoms with E-state index in [1.807, 2.05) is 11.5 Å². The zero-order valence-corrected chi connectivity index (χ0v) is 13.5. The van der Waals surface area contributed by atoms with Gasteiger partial charge in [-0.05, 0) is 6.92 Å². The van der Waals surface area contributed by atoms with Crippen molar-refractivity contribution in [3.63, 3.8) is 0 Å². The summed E-state index contributed by atoms with van der Waals surface area (Å²) in [5, 5.41) is 3.30. The molecule has 23 heavy (non-hydrogen) atoms. The minimum Gasteiger partial charge on any atom is -0.380 e. The molecule has 126 valence electrons. The third-order valence-corrected chi connectivity index (χ3v) is 4.05. The quantitative estimate of drug-likeness (QED) is 0.676. The van der Waals surface area contributed by atoms with Gasteiger partial charge in [-0.15, -0.1) is 0 Å². The summed E-state index contributed by atoms with van der Waals surface area (Å²) in [7, 11) is 1.61. The van der Waals surface area contributed by atoms with Crippen LogP contribution in [-0.2, 0) is 18.3 Å². The zero-order valence-electron chi connectivity index (χ0n) is 13.5. The first-order chi connectivity index (χ1) is 11.1. The minimum absolute atomic E-state index is 0.406. The molecule has 2 aromatic heterocycles. The number of nitrogens with zero attached hydrogens (tertiary/aromatic N) is 4. The van der Waals surface area contributed by atoms with E-state index in [9.17, 15) is 9.59 Å². The van der Waals surface area contributed by atoms with Crippen LogP contribution >= 0.6 is 0 Å². The van der Waals surface area contributed by atoms with Crippen LogP contribution in [0.15, 0.2) is 9.59 Å². The molecular formula is C14H22N6O3. The summed E-state index contributed by atoms with van der Waals surface area (Å²) in [5.41, 5.74) is -0.0404. The summed E-state index contributed by atoms with van der Waals surface area (Å²) in [4.78, 5) is 33.2. The van der Waals surface area contributed by atoms with E-state index in [4.69, 9.17) is 4.74 Å².